The summed E-state index contributed by atoms with van der Waals surface area (Å²) in [6.45, 7) is 3.02. The van der Waals surface area contributed by atoms with Crippen molar-refractivity contribution in [3.63, 3.8) is 0 Å². The summed E-state index contributed by atoms with van der Waals surface area (Å²) in [4.78, 5) is 6.54. The van der Waals surface area contributed by atoms with Crippen LogP contribution in [-0.4, -0.2) is 34.1 Å². The number of fused-ring (bicyclic) bond motifs is 4. The van der Waals surface area contributed by atoms with Gasteiger partial charge in [0.15, 0.2) is 11.6 Å². The summed E-state index contributed by atoms with van der Waals surface area (Å²) in [6, 6.07) is 2.69. The molecule has 0 spiro atoms. The molecular formula is C14H16F2N4. The van der Waals surface area contributed by atoms with Gasteiger partial charge in [-0.05, 0) is 44.0 Å². The smallest absolute Gasteiger partial charge is 0.201 e. The minimum Gasteiger partial charge on any atom is -0.369 e. The van der Waals surface area contributed by atoms with Crippen molar-refractivity contribution in [3.05, 3.63) is 23.8 Å². The van der Waals surface area contributed by atoms with E-state index in [2.05, 4.69) is 9.88 Å². The number of nitrogen functional groups attached to an aromatic ring is 1. The topological polar surface area (TPSA) is 47.1 Å². The molecular weight excluding hydrogens is 262 g/mol. The van der Waals surface area contributed by atoms with E-state index in [9.17, 15) is 8.78 Å². The third-order valence-electron chi connectivity index (χ3n) is 4.72. The van der Waals surface area contributed by atoms with Gasteiger partial charge in [0, 0.05) is 6.54 Å². The van der Waals surface area contributed by atoms with Gasteiger partial charge >= 0.3 is 0 Å². The van der Waals surface area contributed by atoms with Crippen LogP contribution in [0.4, 0.5) is 14.7 Å². The number of hydrogen-bond acceptors (Lipinski definition) is 3. The molecule has 1 aromatic heterocycles. The lowest BCUT2D eigenvalue weighted by Crippen LogP contribution is -2.48. The quantitative estimate of drug-likeness (QED) is 0.869. The summed E-state index contributed by atoms with van der Waals surface area (Å²) >= 11 is 0. The number of hydrogen-bond donors (Lipinski definition) is 1. The average Bonchev–Trinajstić information content (AvgIpc) is 2.81. The largest absolute Gasteiger partial charge is 0.369 e. The molecule has 3 fully saturated rings. The molecule has 0 amide bonds. The molecule has 2 N–H and O–H groups in total. The summed E-state index contributed by atoms with van der Waals surface area (Å²) < 4.78 is 29.4. The van der Waals surface area contributed by atoms with Gasteiger partial charge in [0.25, 0.3) is 0 Å². The van der Waals surface area contributed by atoms with Crippen LogP contribution in [0.5, 0.6) is 0 Å². The van der Waals surface area contributed by atoms with E-state index >= 15 is 0 Å². The van der Waals surface area contributed by atoms with Crippen LogP contribution in [0.15, 0.2) is 12.1 Å². The van der Waals surface area contributed by atoms with Crippen molar-refractivity contribution < 1.29 is 8.78 Å². The van der Waals surface area contributed by atoms with Crippen LogP contribution in [0.25, 0.3) is 11.0 Å². The summed E-state index contributed by atoms with van der Waals surface area (Å²) in [5, 5.41) is 0. The van der Waals surface area contributed by atoms with Crippen LogP contribution in [0, 0.1) is 17.6 Å². The number of piperidine rings is 3. The maximum Gasteiger partial charge on any atom is 0.201 e. The second-order valence-electron chi connectivity index (χ2n) is 5.77. The van der Waals surface area contributed by atoms with Crippen molar-refractivity contribution in [2.24, 2.45) is 5.92 Å². The van der Waals surface area contributed by atoms with Gasteiger partial charge in [-0.25, -0.2) is 13.8 Å². The van der Waals surface area contributed by atoms with Gasteiger partial charge in [-0.2, -0.15) is 0 Å². The average molecular weight is 278 g/mol. The van der Waals surface area contributed by atoms with Crippen LogP contribution in [-0.2, 0) is 0 Å². The van der Waals surface area contributed by atoms with Gasteiger partial charge in [0.05, 0.1) is 11.6 Å². The minimum absolute atomic E-state index is 0.0961. The molecule has 1 aromatic carbocycles. The molecule has 2 bridgehead atoms. The van der Waals surface area contributed by atoms with E-state index in [0.29, 0.717) is 11.4 Å². The summed E-state index contributed by atoms with van der Waals surface area (Å²) in [6.07, 6.45) is 2.17. The summed E-state index contributed by atoms with van der Waals surface area (Å²) in [5.41, 5.74) is 6.62. The summed E-state index contributed by atoms with van der Waals surface area (Å²) in [7, 11) is 0. The molecule has 5 rings (SSSR count). The van der Waals surface area contributed by atoms with Crippen LogP contribution in [0.2, 0.25) is 0 Å². The minimum atomic E-state index is -0.847. The molecule has 6 heteroatoms. The zero-order chi connectivity index (χ0) is 13.9. The molecule has 0 aliphatic carbocycles. The number of nitrogens with two attached hydrogens (primary N) is 1. The van der Waals surface area contributed by atoms with Gasteiger partial charge in [-0.3, -0.25) is 0 Å². The van der Waals surface area contributed by atoms with Gasteiger partial charge in [-0.1, -0.05) is 0 Å². The number of aromatic nitrogens is 2. The molecule has 1 atom stereocenters. The SMILES string of the molecule is Nc1nc2ccc(F)c(F)c2n1C1CN2CCC1CC2. The first-order chi connectivity index (χ1) is 9.65. The second-order valence-corrected chi connectivity index (χ2v) is 5.77. The van der Waals surface area contributed by atoms with E-state index in [0.717, 1.165) is 38.5 Å². The molecule has 4 heterocycles. The highest BCUT2D eigenvalue weighted by atomic mass is 19.2. The van der Waals surface area contributed by atoms with Crippen LogP contribution < -0.4 is 5.73 Å². The van der Waals surface area contributed by atoms with Crippen molar-refractivity contribution >= 4 is 17.0 Å². The van der Waals surface area contributed by atoms with E-state index in [1.807, 2.05) is 0 Å². The molecule has 0 saturated carbocycles. The molecule has 3 aliphatic rings. The third-order valence-corrected chi connectivity index (χ3v) is 4.72. The van der Waals surface area contributed by atoms with Crippen molar-refractivity contribution in [3.8, 4) is 0 Å². The molecule has 20 heavy (non-hydrogen) atoms. The lowest BCUT2D eigenvalue weighted by Gasteiger charge is -2.45. The fraction of sp³-hybridized carbons (Fsp3) is 0.500. The van der Waals surface area contributed by atoms with E-state index in [1.54, 1.807) is 4.57 Å². The van der Waals surface area contributed by atoms with Gasteiger partial charge in [0.2, 0.25) is 5.95 Å². The summed E-state index contributed by atoms with van der Waals surface area (Å²) in [5.74, 6) is -0.936. The highest BCUT2D eigenvalue weighted by Gasteiger charge is 2.37. The van der Waals surface area contributed by atoms with Crippen molar-refractivity contribution in [2.45, 2.75) is 18.9 Å². The Morgan fingerprint density at radius 2 is 1.95 bits per heavy atom. The fourth-order valence-corrected chi connectivity index (χ4v) is 3.70. The lowest BCUT2D eigenvalue weighted by atomic mass is 9.84. The van der Waals surface area contributed by atoms with Crippen LogP contribution in [0.1, 0.15) is 18.9 Å². The Labute approximate surface area is 115 Å². The molecule has 3 aliphatic heterocycles. The molecule has 3 saturated heterocycles. The maximum atomic E-state index is 14.2. The number of anilines is 1. The highest BCUT2D eigenvalue weighted by Crippen LogP contribution is 2.39. The molecule has 4 nitrogen and oxygen atoms in total. The van der Waals surface area contributed by atoms with Crippen molar-refractivity contribution in [1.82, 2.24) is 14.5 Å². The van der Waals surface area contributed by atoms with E-state index in [-0.39, 0.29) is 17.5 Å². The highest BCUT2D eigenvalue weighted by molar-refractivity contribution is 5.79. The lowest BCUT2D eigenvalue weighted by molar-refractivity contribution is 0.0595. The van der Waals surface area contributed by atoms with E-state index in [1.165, 1.54) is 6.07 Å². The number of halogens is 2. The molecule has 106 valence electrons. The van der Waals surface area contributed by atoms with Gasteiger partial charge < -0.3 is 15.2 Å². The number of rotatable bonds is 1. The first-order valence-electron chi connectivity index (χ1n) is 6.99. The predicted molar refractivity (Wildman–Crippen MR) is 72.3 cm³/mol. The Morgan fingerprint density at radius 1 is 1.20 bits per heavy atom. The molecule has 0 radical (unpaired) electrons. The number of nitrogens with zero attached hydrogens (tertiary/aromatic N) is 3. The van der Waals surface area contributed by atoms with Gasteiger partial charge in [0.1, 0.15) is 5.52 Å². The van der Waals surface area contributed by atoms with Crippen LogP contribution >= 0.6 is 0 Å². The molecule has 2 aromatic rings. The Bertz CT molecular complexity index is 673. The zero-order valence-electron chi connectivity index (χ0n) is 11.0. The first-order valence-corrected chi connectivity index (χ1v) is 6.99. The maximum absolute atomic E-state index is 14.2. The van der Waals surface area contributed by atoms with Crippen molar-refractivity contribution in [2.75, 3.05) is 25.4 Å². The van der Waals surface area contributed by atoms with Gasteiger partial charge in [-0.15, -0.1) is 0 Å². The zero-order valence-corrected chi connectivity index (χ0v) is 11.0. The Hall–Kier alpha value is -1.69. The first kappa shape index (κ1) is 12.1. The fourth-order valence-electron chi connectivity index (χ4n) is 3.70. The third kappa shape index (κ3) is 1.57. The molecule has 1 unspecified atom stereocenters. The Kier molecular flexibility index (Phi) is 2.51. The second kappa shape index (κ2) is 4.15. The Morgan fingerprint density at radius 3 is 2.60 bits per heavy atom. The number of imidazole rings is 1. The van der Waals surface area contributed by atoms with Crippen LogP contribution in [0.3, 0.4) is 0 Å². The Balaban J connectivity index is 1.91. The normalized spacial score (nSPS) is 29.2. The number of benzene rings is 1. The monoisotopic (exact) mass is 278 g/mol. The van der Waals surface area contributed by atoms with E-state index < -0.39 is 11.6 Å². The standard InChI is InChI=1S/C14H16F2N4/c15-9-1-2-10-13(12(9)16)20(14(17)18-10)11-7-19-5-3-8(11)4-6-19/h1-2,8,11H,3-7H2,(H2,17,18). The van der Waals surface area contributed by atoms with E-state index in [4.69, 9.17) is 5.73 Å². The van der Waals surface area contributed by atoms with Crippen molar-refractivity contribution in [1.29, 1.82) is 0 Å². The predicted octanol–water partition coefficient (Wildman–Crippen LogP) is 2.16.